The summed E-state index contributed by atoms with van der Waals surface area (Å²) in [4.78, 5) is 50.1. The zero-order valence-electron chi connectivity index (χ0n) is 13.9. The maximum absolute atomic E-state index is 13.2. The molecule has 13 nitrogen and oxygen atoms in total. The topological polar surface area (TPSA) is 188 Å². The van der Waals surface area contributed by atoms with E-state index in [1.807, 2.05) is 0 Å². The summed E-state index contributed by atoms with van der Waals surface area (Å²) in [5, 5.41) is 32.2. The Balaban J connectivity index is 0. The van der Waals surface area contributed by atoms with Crippen molar-refractivity contribution in [1.82, 2.24) is 10.9 Å². The minimum absolute atomic E-state index is 0. The number of amides is 2. The molecule has 0 aliphatic heterocycles. The molecule has 0 atom stereocenters. The molecule has 0 saturated carbocycles. The molecule has 2 amide bonds. The monoisotopic (exact) mass is 563 g/mol. The maximum Gasteiger partial charge on any atom is 0.700 e. The van der Waals surface area contributed by atoms with Gasteiger partial charge in [-0.3, -0.25) is 55.5 Å². The summed E-state index contributed by atoms with van der Waals surface area (Å²) < 4.78 is 58.5. The van der Waals surface area contributed by atoms with Crippen LogP contribution in [-0.2, 0) is 9.59 Å². The zero-order valence-corrected chi connectivity index (χ0v) is 17.9. The van der Waals surface area contributed by atoms with E-state index in [0.717, 1.165) is 0 Å². The molecule has 0 aromatic rings. The summed E-state index contributed by atoms with van der Waals surface area (Å²) in [6.07, 6.45) is -2.95. The van der Waals surface area contributed by atoms with E-state index >= 15 is 0 Å². The molecule has 180 valence electrons. The van der Waals surface area contributed by atoms with Crippen LogP contribution < -0.4 is 10.9 Å². The molecular weight excluding hydrogens is 556 g/mol. The number of nitro groups is 3. The van der Waals surface area contributed by atoms with Crippen molar-refractivity contribution < 1.29 is 48.5 Å². The largest absolute Gasteiger partial charge is 0.700 e. The number of hydrogen-bond acceptors (Lipinski definition) is 13. The van der Waals surface area contributed by atoms with Crippen LogP contribution in [0.5, 0.6) is 0 Å². The van der Waals surface area contributed by atoms with E-state index in [4.69, 9.17) is 0 Å². The van der Waals surface area contributed by atoms with Crippen LogP contribution in [0.15, 0.2) is 0 Å². The summed E-state index contributed by atoms with van der Waals surface area (Å²) >= 11 is -6.53. The van der Waals surface area contributed by atoms with Gasteiger partial charge in [0.2, 0.25) is 13.4 Å². The lowest BCUT2D eigenvalue weighted by molar-refractivity contribution is -0.970. The first-order valence-electron chi connectivity index (χ1n) is 6.42. The van der Waals surface area contributed by atoms with Gasteiger partial charge in [-0.05, 0) is 0 Å². The molecule has 0 unspecified atom stereocenters. The van der Waals surface area contributed by atoms with Gasteiger partial charge >= 0.3 is 5.79 Å². The van der Waals surface area contributed by atoms with Crippen LogP contribution in [0.25, 0.3) is 0 Å². The Kier molecular flexibility index (Phi) is 13.4. The van der Waals surface area contributed by atoms with E-state index in [1.54, 1.807) is 0 Å². The third kappa shape index (κ3) is 6.04. The molecule has 24 heteroatoms. The molecule has 2 N–H and O–H groups in total. The lowest BCUT2D eigenvalue weighted by Crippen LogP contribution is -2.57. The first-order chi connectivity index (χ1) is 13.9. The van der Waals surface area contributed by atoms with E-state index in [9.17, 15) is 59.4 Å². The molecule has 0 spiro atoms. The van der Waals surface area contributed by atoms with E-state index in [2.05, 4.69) is 0 Å². The minimum atomic E-state index is -4.01. The smallest absolute Gasteiger partial charge is 0.273 e. The van der Waals surface area contributed by atoms with Gasteiger partial charge in [-0.1, -0.05) is 0 Å². The van der Waals surface area contributed by atoms with Crippen molar-refractivity contribution in [3.63, 3.8) is 0 Å². The van der Waals surface area contributed by atoms with Crippen LogP contribution in [0, 0.1) is 30.3 Å². The van der Waals surface area contributed by atoms with Crippen LogP contribution >= 0.6 is 60.7 Å². The Bertz CT molecular complexity index is 658. The van der Waals surface area contributed by atoms with Gasteiger partial charge in [0.15, 0.2) is 21.2 Å². The summed E-state index contributed by atoms with van der Waals surface area (Å²) in [6, 6.07) is 0. The predicted octanol–water partition coefficient (Wildman–Crippen LogP) is 2.99. The highest BCUT2D eigenvalue weighted by Gasteiger charge is 2.70. The normalized spacial score (nSPS) is 11.8. The van der Waals surface area contributed by atoms with Crippen molar-refractivity contribution >= 4 is 72.6 Å². The fraction of sp³-hybridized carbons (Fsp3) is 0.714. The Labute approximate surface area is 188 Å². The van der Waals surface area contributed by atoms with Gasteiger partial charge in [-0.15, -0.1) is 0 Å². The second-order valence-electron chi connectivity index (χ2n) is 4.61. The van der Waals surface area contributed by atoms with Gasteiger partial charge in [-0.25, -0.2) is 0 Å². The minimum Gasteiger partial charge on any atom is -0.273 e. The molecule has 31 heavy (non-hydrogen) atoms. The number of hydrazine groups is 1. The average molecular weight is 563 g/mol. The number of carbonyl (C=O) groups excluding carboxylic acids is 2. The number of hydrogen-bond donors (Lipinski definition) is 2. The highest BCUT2D eigenvalue weighted by Crippen LogP contribution is 2.65. The molecule has 0 saturated heterocycles. The molecule has 0 rings (SSSR count). The fourth-order valence-electron chi connectivity index (χ4n) is 1.53. The second-order valence-corrected chi connectivity index (χ2v) is 9.47. The van der Waals surface area contributed by atoms with Crippen molar-refractivity contribution in [2.45, 2.75) is 26.1 Å². The SMILES string of the molecule is F.O=C(CCC([N+](=O)[O-])([N+](=O)[O-])[N+](=O)[O-])NNC(=O)C(SF)(SF)C(SF)(SF)SF. The number of rotatable bonds is 13. The third-order valence-corrected chi connectivity index (χ3v) is 8.34. The van der Waals surface area contributed by atoms with Gasteiger partial charge in [0.05, 0.1) is 67.2 Å². The summed E-state index contributed by atoms with van der Waals surface area (Å²) in [5.41, 5.74) is 2.58. The Morgan fingerprint density at radius 3 is 1.45 bits per heavy atom. The van der Waals surface area contributed by atoms with E-state index in [0.29, 0.717) is 0 Å². The van der Waals surface area contributed by atoms with E-state index < -0.39 is 113 Å². The van der Waals surface area contributed by atoms with Crippen LogP contribution in [0.3, 0.4) is 0 Å². The molecule has 0 aromatic carbocycles. The molecule has 0 bridgehead atoms. The first-order valence-corrected chi connectivity index (χ1v) is 10.0. The van der Waals surface area contributed by atoms with Crippen molar-refractivity contribution in [1.29, 1.82) is 0 Å². The van der Waals surface area contributed by atoms with Gasteiger partial charge in [-0.2, -0.15) is 19.4 Å². The zero-order chi connectivity index (χ0) is 23.8. The van der Waals surface area contributed by atoms with Crippen LogP contribution in [0.4, 0.5) is 24.1 Å². The van der Waals surface area contributed by atoms with E-state index in [-0.39, 0.29) is 4.70 Å². The first kappa shape index (κ1) is 31.7. The van der Waals surface area contributed by atoms with Gasteiger partial charge in [0.25, 0.3) is 5.91 Å². The van der Waals surface area contributed by atoms with Crippen LogP contribution in [0.2, 0.25) is 0 Å². The molecule has 0 radical (unpaired) electrons. The number of halogens is 6. The quantitative estimate of drug-likeness (QED) is 0.144. The Hall–Kier alpha value is -1.53. The lowest BCUT2D eigenvalue weighted by Gasteiger charge is -2.34. The highest BCUT2D eigenvalue weighted by atomic mass is 32.3. The molecule has 0 aliphatic rings. The Morgan fingerprint density at radius 1 is 0.774 bits per heavy atom. The van der Waals surface area contributed by atoms with Crippen LogP contribution in [-0.4, -0.2) is 39.9 Å². The Morgan fingerprint density at radius 2 is 1.16 bits per heavy atom. The standard InChI is InChI=1S/C7H6F5N5O8S5.FH/c8-26-6(27-9,7(28-10,29-11)30-12)4(19)14-13-3(18)1-2-5(15(20)21,16(22)23)17(24)25;/h1-2H2,(H,13,18)(H,14,19);1H. The number of nitrogens with zero attached hydrogens (tertiary/aromatic N) is 3. The number of carbonyl (C=O) groups is 2. The molecule has 0 aromatic heterocycles. The summed E-state index contributed by atoms with van der Waals surface area (Å²) in [6.45, 7) is 0. The third-order valence-electron chi connectivity index (χ3n) is 3.10. The van der Waals surface area contributed by atoms with Gasteiger partial charge in [0.1, 0.15) is 0 Å². The maximum atomic E-state index is 13.2. The second kappa shape index (κ2) is 13.1. The predicted molar refractivity (Wildman–Crippen MR) is 101 cm³/mol. The molecule has 0 heterocycles. The summed E-state index contributed by atoms with van der Waals surface area (Å²) in [7, 11) is 0. The van der Waals surface area contributed by atoms with Crippen molar-refractivity contribution in [2.75, 3.05) is 0 Å². The van der Waals surface area contributed by atoms with Gasteiger partial charge in [0, 0.05) is 0 Å². The molecule has 0 aliphatic carbocycles. The van der Waals surface area contributed by atoms with Crippen molar-refractivity contribution in [3.05, 3.63) is 30.3 Å². The van der Waals surface area contributed by atoms with E-state index in [1.165, 1.54) is 10.9 Å². The lowest BCUT2D eigenvalue weighted by atomic mass is 10.2. The summed E-state index contributed by atoms with van der Waals surface area (Å²) in [5.74, 6) is -7.62. The highest BCUT2D eigenvalue weighted by molar-refractivity contribution is 8.33. The van der Waals surface area contributed by atoms with Crippen molar-refractivity contribution in [3.8, 4) is 0 Å². The molecular formula is C7H7F6N5O8S5. The van der Waals surface area contributed by atoms with Crippen LogP contribution in [0.1, 0.15) is 12.8 Å². The van der Waals surface area contributed by atoms with Gasteiger partial charge < -0.3 is 0 Å². The van der Waals surface area contributed by atoms with Crippen molar-refractivity contribution in [2.24, 2.45) is 0 Å². The fourth-order valence-corrected chi connectivity index (χ4v) is 4.06. The molecule has 0 fully saturated rings. The number of nitrogens with one attached hydrogen (secondary N) is 2. The average Bonchev–Trinajstić information content (AvgIpc) is 2.70.